The molecular weight excluding hydrogens is 458 g/mol. The number of carbonyl (C=O) groups excluding carboxylic acids is 1. The molecule has 0 saturated carbocycles. The van der Waals surface area contributed by atoms with Gasteiger partial charge in [0.05, 0.1) is 35.8 Å². The summed E-state index contributed by atoms with van der Waals surface area (Å²) in [5, 5.41) is 24.2. The molecule has 30 heavy (non-hydrogen) atoms. The fraction of sp³-hybridized carbons (Fsp3) is 0.438. The average Bonchev–Trinajstić information content (AvgIpc) is 2.64. The normalized spacial score (nSPS) is 17.4. The molecule has 1 aliphatic rings. The van der Waals surface area contributed by atoms with Crippen molar-refractivity contribution in [2.75, 3.05) is 20.2 Å². The quantitative estimate of drug-likeness (QED) is 0.213. The summed E-state index contributed by atoms with van der Waals surface area (Å²) >= 11 is 11.7. The van der Waals surface area contributed by atoms with Crippen molar-refractivity contribution in [1.82, 2.24) is 5.01 Å². The molecular formula is C16H16Cl2F3N3O6. The number of likely N-dealkylation sites (N-methyl/N-ethyl adjacent to an activating group) is 1. The second-order valence-electron chi connectivity index (χ2n) is 5.96. The Hall–Kier alpha value is -2.44. The molecule has 1 aliphatic heterocycles. The molecule has 14 heteroatoms. The van der Waals surface area contributed by atoms with Gasteiger partial charge in [0.2, 0.25) is 11.4 Å². The van der Waals surface area contributed by atoms with Crippen LogP contribution in [0, 0.1) is 5.21 Å². The summed E-state index contributed by atoms with van der Waals surface area (Å²) in [6.07, 6.45) is -8.23. The van der Waals surface area contributed by atoms with E-state index in [0.29, 0.717) is 0 Å². The highest BCUT2D eigenvalue weighted by atomic mass is 35.5. The molecule has 0 aromatic heterocycles. The van der Waals surface area contributed by atoms with Crippen LogP contribution < -0.4 is 4.74 Å². The molecule has 166 valence electrons. The second-order valence-corrected chi connectivity index (χ2v) is 6.81. The molecule has 9 nitrogen and oxygen atoms in total. The summed E-state index contributed by atoms with van der Waals surface area (Å²) < 4.78 is 50.0. The van der Waals surface area contributed by atoms with E-state index >= 15 is 0 Å². The highest BCUT2D eigenvalue weighted by Crippen LogP contribution is 2.42. The number of nitrogens with zero attached hydrogens (tertiary/aromatic N) is 3. The highest BCUT2D eigenvalue weighted by molar-refractivity contribution is 6.36. The van der Waals surface area contributed by atoms with Crippen molar-refractivity contribution < 1.29 is 42.4 Å². The minimum absolute atomic E-state index is 0.0394. The third-order valence-corrected chi connectivity index (χ3v) is 4.15. The summed E-state index contributed by atoms with van der Waals surface area (Å²) in [5.74, 6) is -1.70. The molecule has 0 aliphatic carbocycles. The number of hydrogen-bond donors (Lipinski definition) is 1. The van der Waals surface area contributed by atoms with Gasteiger partial charge >= 0.3 is 12.1 Å². The lowest BCUT2D eigenvalue weighted by Crippen LogP contribution is -2.41. The number of alkyl halides is 3. The fourth-order valence-corrected chi connectivity index (χ4v) is 2.84. The van der Waals surface area contributed by atoms with Crippen LogP contribution in [0.5, 0.6) is 5.75 Å². The lowest BCUT2D eigenvalue weighted by molar-refractivity contribution is -0.707. The summed E-state index contributed by atoms with van der Waals surface area (Å²) in [5.41, 5.74) is -0.824. The van der Waals surface area contributed by atoms with E-state index < -0.39 is 30.1 Å². The van der Waals surface area contributed by atoms with E-state index in [1.807, 2.05) is 0 Å². The molecule has 0 spiro atoms. The van der Waals surface area contributed by atoms with Crippen LogP contribution in [0.3, 0.4) is 0 Å². The monoisotopic (exact) mass is 473 g/mol. The van der Waals surface area contributed by atoms with Crippen LogP contribution in [-0.2, 0) is 14.4 Å². The minimum atomic E-state index is -4.96. The van der Waals surface area contributed by atoms with E-state index in [-0.39, 0.29) is 39.5 Å². The zero-order valence-corrected chi connectivity index (χ0v) is 17.0. The van der Waals surface area contributed by atoms with Crippen molar-refractivity contribution in [3.05, 3.63) is 38.5 Å². The number of fused-ring (bicyclic) bond motifs is 1. The summed E-state index contributed by atoms with van der Waals surface area (Å²) in [4.78, 5) is 16.9. The third-order valence-electron chi connectivity index (χ3n) is 3.65. The molecule has 2 atom stereocenters. The third kappa shape index (κ3) is 5.80. The number of hydrazine groups is 1. The lowest BCUT2D eigenvalue weighted by Gasteiger charge is -2.28. The van der Waals surface area contributed by atoms with Gasteiger partial charge in [0.15, 0.2) is 0 Å². The maximum Gasteiger partial charge on any atom is 0.430 e. The van der Waals surface area contributed by atoms with Gasteiger partial charge in [-0.1, -0.05) is 23.2 Å². The number of esters is 1. The van der Waals surface area contributed by atoms with E-state index in [1.165, 1.54) is 19.2 Å². The van der Waals surface area contributed by atoms with Crippen molar-refractivity contribution in [3.8, 4) is 5.75 Å². The second kappa shape index (κ2) is 9.58. The Morgan fingerprint density at radius 3 is 2.73 bits per heavy atom. The molecule has 0 amide bonds. The molecule has 1 N–H and O–H groups in total. The van der Waals surface area contributed by atoms with Crippen LogP contribution in [0.25, 0.3) is 6.08 Å². The standard InChI is InChI=1S/C16H16Cl2F3N3O6/c1-8(30-22-24(27)23(2)3-4-25)28-15(26)11-6-9-5-10(17)7-12(18)13(9)29-14(11)16(19,20)21/h5-8,14,25H,3-4H2,1-2H3/b24-22-/t8?,14-/m0/s1. The van der Waals surface area contributed by atoms with Gasteiger partial charge in [-0.25, -0.2) is 4.79 Å². The summed E-state index contributed by atoms with van der Waals surface area (Å²) in [6, 6.07) is 2.47. The number of aliphatic hydroxyl groups is 1. The van der Waals surface area contributed by atoms with Crippen LogP contribution in [0.2, 0.25) is 10.0 Å². The molecule has 0 bridgehead atoms. The molecule has 1 heterocycles. The zero-order chi connectivity index (χ0) is 22.6. The van der Waals surface area contributed by atoms with Crippen LogP contribution in [0.4, 0.5) is 13.2 Å². The van der Waals surface area contributed by atoms with Gasteiger partial charge in [0.1, 0.15) is 5.75 Å². The van der Waals surface area contributed by atoms with Gasteiger partial charge in [-0.2, -0.15) is 13.2 Å². The number of carbonyl (C=O) groups is 1. The van der Waals surface area contributed by atoms with Gasteiger partial charge in [-0.3, -0.25) is 4.84 Å². The molecule has 2 rings (SSSR count). The Morgan fingerprint density at radius 2 is 2.13 bits per heavy atom. The molecule has 0 radical (unpaired) electrons. The van der Waals surface area contributed by atoms with Gasteiger partial charge in [-0.15, -0.1) is 5.01 Å². The van der Waals surface area contributed by atoms with Gasteiger partial charge < -0.3 is 19.8 Å². The number of halogens is 5. The van der Waals surface area contributed by atoms with E-state index in [2.05, 4.69) is 10.1 Å². The van der Waals surface area contributed by atoms with Crippen molar-refractivity contribution in [1.29, 1.82) is 0 Å². The average molecular weight is 474 g/mol. The van der Waals surface area contributed by atoms with E-state index in [4.69, 9.17) is 37.8 Å². The first-order valence-electron chi connectivity index (χ1n) is 8.25. The largest absolute Gasteiger partial charge is 0.569 e. The zero-order valence-electron chi connectivity index (χ0n) is 15.5. The van der Waals surface area contributed by atoms with Crippen LogP contribution in [0.15, 0.2) is 23.0 Å². The number of aliphatic hydroxyl groups excluding tert-OH is 1. The predicted molar refractivity (Wildman–Crippen MR) is 97.3 cm³/mol. The molecule has 1 unspecified atom stereocenters. The molecule has 1 aromatic rings. The van der Waals surface area contributed by atoms with Crippen molar-refractivity contribution in [2.45, 2.75) is 25.5 Å². The number of rotatable bonds is 7. The maximum absolute atomic E-state index is 13.4. The first-order chi connectivity index (χ1) is 13.9. The Morgan fingerprint density at radius 1 is 1.47 bits per heavy atom. The lowest BCUT2D eigenvalue weighted by atomic mass is 10.0. The fourth-order valence-electron chi connectivity index (χ4n) is 2.29. The Labute approximate surface area is 178 Å². The topological polar surface area (TPSA) is 107 Å². The number of ether oxygens (including phenoxy) is 2. The Kier molecular flexibility index (Phi) is 7.61. The predicted octanol–water partition coefficient (Wildman–Crippen LogP) is 3.32. The van der Waals surface area contributed by atoms with Gasteiger partial charge in [-0.05, 0) is 18.2 Å². The first-order valence-corrected chi connectivity index (χ1v) is 9.00. The number of hydrogen-bond acceptors (Lipinski definition) is 7. The first kappa shape index (κ1) is 23.8. The summed E-state index contributed by atoms with van der Waals surface area (Å²) in [6.45, 7) is 0.736. The smallest absolute Gasteiger partial charge is 0.430 e. The van der Waals surface area contributed by atoms with Crippen LogP contribution in [0.1, 0.15) is 12.5 Å². The summed E-state index contributed by atoms with van der Waals surface area (Å²) in [7, 11) is 1.29. The van der Waals surface area contributed by atoms with Crippen molar-refractivity contribution in [3.63, 3.8) is 0 Å². The Balaban J connectivity index is 2.22. The Bertz CT molecular complexity index is 865. The van der Waals surface area contributed by atoms with Crippen molar-refractivity contribution in [2.24, 2.45) is 5.28 Å². The van der Waals surface area contributed by atoms with E-state index in [0.717, 1.165) is 18.0 Å². The highest BCUT2D eigenvalue weighted by Gasteiger charge is 2.49. The van der Waals surface area contributed by atoms with Gasteiger partial charge in [0, 0.05) is 17.5 Å². The van der Waals surface area contributed by atoms with E-state index in [9.17, 15) is 23.2 Å². The molecule has 0 fully saturated rings. The molecule has 0 saturated heterocycles. The van der Waals surface area contributed by atoms with Crippen molar-refractivity contribution >= 4 is 35.2 Å². The van der Waals surface area contributed by atoms with Crippen LogP contribution in [-0.4, -0.2) is 59.8 Å². The number of benzene rings is 1. The van der Waals surface area contributed by atoms with Crippen LogP contribution >= 0.6 is 23.2 Å². The maximum atomic E-state index is 13.4. The van der Waals surface area contributed by atoms with Gasteiger partial charge in [0.25, 0.3) is 6.29 Å². The van der Waals surface area contributed by atoms with E-state index in [1.54, 1.807) is 0 Å². The SMILES string of the molecule is CC(O/N=[N+](\[O-])N(C)CCO)OC(=O)C1=Cc2cc(Cl)cc(Cl)c2O[C@@H]1C(F)(F)F. The minimum Gasteiger partial charge on any atom is -0.569 e. The molecule has 1 aromatic carbocycles.